The Balaban J connectivity index is 1.90. The number of benzene rings is 3. The van der Waals surface area contributed by atoms with Gasteiger partial charge >= 0.3 is 0 Å². The molecular weight excluding hydrogens is 448 g/mol. The number of sulfonamides is 1. The molecule has 0 spiro atoms. The van der Waals surface area contributed by atoms with Crippen molar-refractivity contribution in [2.45, 2.75) is 51.0 Å². The number of rotatable bonds is 11. The van der Waals surface area contributed by atoms with E-state index in [1.165, 1.54) is 12.1 Å². The molecule has 0 aliphatic carbocycles. The maximum atomic E-state index is 13.4. The van der Waals surface area contributed by atoms with Gasteiger partial charge in [-0.1, -0.05) is 62.4 Å². The third kappa shape index (κ3) is 6.46. The first-order chi connectivity index (χ1) is 16.4. The highest BCUT2D eigenvalue weighted by atomic mass is 32.2. The van der Waals surface area contributed by atoms with Crippen molar-refractivity contribution in [3.63, 3.8) is 0 Å². The number of para-hydroxylation sites is 1. The number of nitrogens with one attached hydrogen (secondary N) is 2. The molecule has 180 valence electrons. The lowest BCUT2D eigenvalue weighted by molar-refractivity contribution is -0.117. The molecule has 6 nitrogen and oxygen atoms in total. The van der Waals surface area contributed by atoms with Crippen molar-refractivity contribution >= 4 is 21.6 Å². The van der Waals surface area contributed by atoms with Crippen LogP contribution in [0.1, 0.15) is 37.5 Å². The molecule has 1 amide bonds. The van der Waals surface area contributed by atoms with Gasteiger partial charge in [0.1, 0.15) is 11.8 Å². The van der Waals surface area contributed by atoms with Crippen molar-refractivity contribution in [3.05, 3.63) is 89.5 Å². The van der Waals surface area contributed by atoms with E-state index in [2.05, 4.69) is 10.0 Å². The highest BCUT2D eigenvalue weighted by Gasteiger charge is 2.27. The summed E-state index contributed by atoms with van der Waals surface area (Å²) in [5, 5.41) is 3.02. The average molecular weight is 481 g/mol. The van der Waals surface area contributed by atoms with Gasteiger partial charge in [0.15, 0.2) is 0 Å². The Morgan fingerprint density at radius 2 is 1.47 bits per heavy atom. The summed E-state index contributed by atoms with van der Waals surface area (Å²) >= 11 is 0. The van der Waals surface area contributed by atoms with Gasteiger partial charge in [0.05, 0.1) is 11.5 Å². The summed E-state index contributed by atoms with van der Waals surface area (Å²) in [7, 11) is -3.95. The van der Waals surface area contributed by atoms with Gasteiger partial charge in [-0.3, -0.25) is 4.79 Å². The van der Waals surface area contributed by atoms with Crippen LogP contribution in [0.5, 0.6) is 5.75 Å². The van der Waals surface area contributed by atoms with Crippen molar-refractivity contribution in [1.82, 2.24) is 4.72 Å². The fourth-order valence-electron chi connectivity index (χ4n) is 3.79. The number of hydrogen-bond acceptors (Lipinski definition) is 4. The third-order valence-corrected chi connectivity index (χ3v) is 7.08. The molecule has 2 N–H and O–H groups in total. The van der Waals surface area contributed by atoms with E-state index in [1.807, 2.05) is 69.3 Å². The summed E-state index contributed by atoms with van der Waals surface area (Å²) in [6.07, 6.45) is 1.73. The van der Waals surface area contributed by atoms with Gasteiger partial charge in [-0.15, -0.1) is 0 Å². The van der Waals surface area contributed by atoms with E-state index in [4.69, 9.17) is 4.74 Å². The molecule has 0 radical (unpaired) electrons. The molecule has 0 aromatic heterocycles. The molecule has 0 bridgehead atoms. The molecule has 0 saturated carbocycles. The molecule has 0 heterocycles. The van der Waals surface area contributed by atoms with E-state index in [-0.39, 0.29) is 11.3 Å². The van der Waals surface area contributed by atoms with Crippen LogP contribution in [0.15, 0.2) is 77.7 Å². The Labute approximate surface area is 202 Å². The predicted molar refractivity (Wildman–Crippen MR) is 136 cm³/mol. The second-order valence-electron chi connectivity index (χ2n) is 7.92. The Hall–Kier alpha value is -3.16. The first kappa shape index (κ1) is 25.5. The lowest BCUT2D eigenvalue weighted by Crippen LogP contribution is -2.45. The molecular formula is C27H32N2O4S. The number of ether oxygens (including phenoxy) is 1. The second kappa shape index (κ2) is 11.8. The topological polar surface area (TPSA) is 84.5 Å². The second-order valence-corrected chi connectivity index (χ2v) is 9.63. The molecule has 0 fully saturated rings. The van der Waals surface area contributed by atoms with Gasteiger partial charge in [-0.05, 0) is 67.1 Å². The first-order valence-corrected chi connectivity index (χ1v) is 13.1. The van der Waals surface area contributed by atoms with E-state index < -0.39 is 22.0 Å². The summed E-state index contributed by atoms with van der Waals surface area (Å²) in [5.41, 5.74) is 3.65. The summed E-state index contributed by atoms with van der Waals surface area (Å²) in [6, 6.07) is 20.5. The van der Waals surface area contributed by atoms with Crippen LogP contribution in [-0.2, 0) is 34.1 Å². The predicted octanol–water partition coefficient (Wildman–Crippen LogP) is 4.74. The minimum Gasteiger partial charge on any atom is -0.494 e. The zero-order valence-corrected chi connectivity index (χ0v) is 20.7. The largest absolute Gasteiger partial charge is 0.494 e. The molecule has 3 rings (SSSR count). The number of hydrogen-bond donors (Lipinski definition) is 2. The van der Waals surface area contributed by atoms with Crippen LogP contribution in [0, 0.1) is 0 Å². The van der Waals surface area contributed by atoms with Crippen molar-refractivity contribution in [2.24, 2.45) is 0 Å². The van der Waals surface area contributed by atoms with Gasteiger partial charge in [-0.2, -0.15) is 4.72 Å². The molecule has 3 aromatic rings. The van der Waals surface area contributed by atoms with E-state index >= 15 is 0 Å². The average Bonchev–Trinajstić information content (AvgIpc) is 2.84. The molecule has 0 aliphatic rings. The highest BCUT2D eigenvalue weighted by molar-refractivity contribution is 7.89. The van der Waals surface area contributed by atoms with Crippen LogP contribution in [0.25, 0.3) is 0 Å². The van der Waals surface area contributed by atoms with Crippen LogP contribution in [-0.4, -0.2) is 27.0 Å². The zero-order chi connectivity index (χ0) is 24.6. The van der Waals surface area contributed by atoms with E-state index in [0.29, 0.717) is 12.4 Å². The molecule has 3 aromatic carbocycles. The van der Waals surface area contributed by atoms with Gasteiger partial charge in [-0.25, -0.2) is 8.42 Å². The monoisotopic (exact) mass is 480 g/mol. The van der Waals surface area contributed by atoms with Crippen LogP contribution in [0.2, 0.25) is 0 Å². The standard InChI is InChI=1S/C27H32N2O4S/c1-4-21-13-10-14-22(5-2)26(21)28-27(30)25(19-20-11-8-7-9-12-20)29-34(31,32)24-17-15-23(16-18-24)33-6-3/h7-18,25,29H,4-6,19H2,1-3H3,(H,28,30). The minimum absolute atomic E-state index is 0.0741. The summed E-state index contributed by atoms with van der Waals surface area (Å²) in [5.74, 6) is 0.192. The fourth-order valence-corrected chi connectivity index (χ4v) is 4.98. The Kier molecular flexibility index (Phi) is 8.85. The molecule has 1 atom stereocenters. The van der Waals surface area contributed by atoms with Gasteiger partial charge in [0.2, 0.25) is 15.9 Å². The van der Waals surface area contributed by atoms with Crippen LogP contribution >= 0.6 is 0 Å². The normalized spacial score (nSPS) is 12.2. The SMILES string of the molecule is CCOc1ccc(S(=O)(=O)NC(Cc2ccccc2)C(=O)Nc2c(CC)cccc2CC)cc1. The maximum Gasteiger partial charge on any atom is 0.242 e. The Bertz CT molecular complexity index is 1170. The lowest BCUT2D eigenvalue weighted by atomic mass is 10.0. The summed E-state index contributed by atoms with van der Waals surface area (Å²) < 4.78 is 34.4. The quantitative estimate of drug-likeness (QED) is 0.415. The van der Waals surface area contributed by atoms with Gasteiger partial charge < -0.3 is 10.1 Å². The number of anilines is 1. The Morgan fingerprint density at radius 1 is 0.853 bits per heavy atom. The number of aryl methyl sites for hydroxylation is 2. The molecule has 1 unspecified atom stereocenters. The van der Waals surface area contributed by atoms with Crippen LogP contribution in [0.3, 0.4) is 0 Å². The van der Waals surface area contributed by atoms with Gasteiger partial charge in [0, 0.05) is 5.69 Å². The van der Waals surface area contributed by atoms with Gasteiger partial charge in [0.25, 0.3) is 0 Å². The van der Waals surface area contributed by atoms with Crippen LogP contribution < -0.4 is 14.8 Å². The summed E-state index contributed by atoms with van der Waals surface area (Å²) in [4.78, 5) is 13.5. The summed E-state index contributed by atoms with van der Waals surface area (Å²) in [6.45, 7) is 6.41. The molecule has 0 aliphatic heterocycles. The van der Waals surface area contributed by atoms with E-state index in [0.717, 1.165) is 35.2 Å². The Morgan fingerprint density at radius 3 is 2.03 bits per heavy atom. The number of carbonyl (C=O) groups excluding carboxylic acids is 1. The van der Waals surface area contributed by atoms with Crippen LogP contribution in [0.4, 0.5) is 5.69 Å². The minimum atomic E-state index is -3.95. The van der Waals surface area contributed by atoms with Crippen molar-refractivity contribution in [3.8, 4) is 5.75 Å². The smallest absolute Gasteiger partial charge is 0.242 e. The molecule has 34 heavy (non-hydrogen) atoms. The zero-order valence-electron chi connectivity index (χ0n) is 19.9. The first-order valence-electron chi connectivity index (χ1n) is 11.6. The third-order valence-electron chi connectivity index (χ3n) is 5.59. The lowest BCUT2D eigenvalue weighted by Gasteiger charge is -2.21. The number of amides is 1. The van der Waals surface area contributed by atoms with E-state index in [9.17, 15) is 13.2 Å². The van der Waals surface area contributed by atoms with Crippen molar-refractivity contribution in [2.75, 3.05) is 11.9 Å². The maximum absolute atomic E-state index is 13.4. The van der Waals surface area contributed by atoms with Crippen molar-refractivity contribution < 1.29 is 17.9 Å². The molecule has 7 heteroatoms. The van der Waals surface area contributed by atoms with Crippen molar-refractivity contribution in [1.29, 1.82) is 0 Å². The van der Waals surface area contributed by atoms with E-state index in [1.54, 1.807) is 12.1 Å². The molecule has 0 saturated heterocycles. The fraction of sp³-hybridized carbons (Fsp3) is 0.296. The number of carbonyl (C=O) groups is 1. The highest BCUT2D eigenvalue weighted by Crippen LogP contribution is 2.23.